The van der Waals surface area contributed by atoms with Crippen LogP contribution >= 0.6 is 15.9 Å². The van der Waals surface area contributed by atoms with E-state index in [4.69, 9.17) is 10.5 Å². The third-order valence-electron chi connectivity index (χ3n) is 3.24. The van der Waals surface area contributed by atoms with E-state index in [-0.39, 0.29) is 17.2 Å². The van der Waals surface area contributed by atoms with E-state index in [0.717, 1.165) is 4.31 Å². The van der Waals surface area contributed by atoms with Gasteiger partial charge < -0.3 is 10.5 Å². The zero-order valence-electron chi connectivity index (χ0n) is 10.9. The summed E-state index contributed by atoms with van der Waals surface area (Å²) >= 11 is 3.24. The second-order valence-corrected chi connectivity index (χ2v) is 7.25. The Morgan fingerprint density at radius 1 is 1.50 bits per heavy atom. The number of rotatable bonds is 4. The van der Waals surface area contributed by atoms with Gasteiger partial charge in [0.1, 0.15) is 16.7 Å². The maximum Gasteiger partial charge on any atom is 0.247 e. The molecule has 0 spiro atoms. The first-order valence-corrected chi connectivity index (χ1v) is 8.26. The number of hydrogen-bond donors (Lipinski definition) is 1. The van der Waals surface area contributed by atoms with Crippen LogP contribution in [0.3, 0.4) is 0 Å². The molecule has 110 valence electrons. The summed E-state index contributed by atoms with van der Waals surface area (Å²) in [4.78, 5) is 11.4. The maximum atomic E-state index is 12.7. The smallest absolute Gasteiger partial charge is 0.247 e. The lowest BCUT2D eigenvalue weighted by atomic mass is 10.2. The van der Waals surface area contributed by atoms with Crippen molar-refractivity contribution in [2.45, 2.75) is 23.8 Å². The normalized spacial score (nSPS) is 20.0. The molecular formula is C12H15BrN2O4S. The molecule has 6 nitrogen and oxygen atoms in total. The zero-order valence-corrected chi connectivity index (χ0v) is 13.3. The van der Waals surface area contributed by atoms with Crippen molar-refractivity contribution in [2.24, 2.45) is 5.73 Å². The Kier molecular flexibility index (Phi) is 4.36. The van der Waals surface area contributed by atoms with E-state index in [2.05, 4.69) is 15.9 Å². The molecule has 8 heteroatoms. The maximum absolute atomic E-state index is 12.7. The van der Waals surface area contributed by atoms with Gasteiger partial charge in [-0.25, -0.2) is 8.42 Å². The Morgan fingerprint density at radius 3 is 2.80 bits per heavy atom. The highest BCUT2D eigenvalue weighted by atomic mass is 79.9. The number of ether oxygens (including phenoxy) is 1. The predicted octanol–water partition coefficient (Wildman–Crippen LogP) is 1.10. The molecule has 1 saturated heterocycles. The highest BCUT2D eigenvalue weighted by molar-refractivity contribution is 9.10. The number of amides is 1. The van der Waals surface area contributed by atoms with Gasteiger partial charge in [-0.05, 0) is 31.0 Å². The summed E-state index contributed by atoms with van der Waals surface area (Å²) < 4.78 is 32.3. The Balaban J connectivity index is 2.50. The van der Waals surface area contributed by atoms with Gasteiger partial charge in [-0.15, -0.1) is 0 Å². The van der Waals surface area contributed by atoms with Gasteiger partial charge in [0.05, 0.1) is 7.11 Å². The van der Waals surface area contributed by atoms with Gasteiger partial charge in [0.15, 0.2) is 0 Å². The molecule has 0 aromatic heterocycles. The lowest BCUT2D eigenvalue weighted by Gasteiger charge is -2.22. The number of methoxy groups -OCH3 is 1. The van der Waals surface area contributed by atoms with Gasteiger partial charge in [0.25, 0.3) is 0 Å². The summed E-state index contributed by atoms with van der Waals surface area (Å²) in [5, 5.41) is 0. The molecule has 1 heterocycles. The fourth-order valence-electron chi connectivity index (χ4n) is 2.29. The van der Waals surface area contributed by atoms with Crippen LogP contribution in [0.4, 0.5) is 0 Å². The molecule has 1 fully saturated rings. The van der Waals surface area contributed by atoms with E-state index in [0.29, 0.717) is 17.3 Å². The van der Waals surface area contributed by atoms with Crippen LogP contribution in [-0.4, -0.2) is 38.3 Å². The number of halogens is 1. The Morgan fingerprint density at radius 2 is 2.20 bits per heavy atom. The van der Waals surface area contributed by atoms with Crippen molar-refractivity contribution in [3.63, 3.8) is 0 Å². The lowest BCUT2D eigenvalue weighted by Crippen LogP contribution is -2.43. The molecule has 1 aromatic carbocycles. The largest absolute Gasteiger partial charge is 0.495 e. The second kappa shape index (κ2) is 5.71. The van der Waals surface area contributed by atoms with Crippen LogP contribution in [0.2, 0.25) is 0 Å². The number of benzene rings is 1. The number of primary amides is 1. The highest BCUT2D eigenvalue weighted by Crippen LogP contribution is 2.33. The Labute approximate surface area is 126 Å². The lowest BCUT2D eigenvalue weighted by molar-refractivity contribution is -0.121. The molecule has 1 aliphatic heterocycles. The van der Waals surface area contributed by atoms with Gasteiger partial charge in [0, 0.05) is 11.0 Å². The molecule has 0 unspecified atom stereocenters. The highest BCUT2D eigenvalue weighted by Gasteiger charge is 2.39. The minimum atomic E-state index is -3.82. The summed E-state index contributed by atoms with van der Waals surface area (Å²) in [6.07, 6.45) is 1.06. The fourth-order valence-corrected chi connectivity index (χ4v) is 4.65. The summed E-state index contributed by atoms with van der Waals surface area (Å²) in [5.74, 6) is -0.386. The van der Waals surface area contributed by atoms with Crippen molar-refractivity contribution in [2.75, 3.05) is 13.7 Å². The summed E-state index contributed by atoms with van der Waals surface area (Å²) in [6, 6.07) is 3.92. The van der Waals surface area contributed by atoms with E-state index in [1.54, 1.807) is 12.1 Å². The molecule has 0 bridgehead atoms. The molecule has 0 radical (unpaired) electrons. The number of hydrogen-bond acceptors (Lipinski definition) is 4. The van der Waals surface area contributed by atoms with Crippen LogP contribution in [0.25, 0.3) is 0 Å². The first-order valence-electron chi connectivity index (χ1n) is 6.02. The van der Waals surface area contributed by atoms with Crippen molar-refractivity contribution in [3.8, 4) is 5.75 Å². The van der Waals surface area contributed by atoms with Crippen LogP contribution in [0, 0.1) is 0 Å². The fraction of sp³-hybridized carbons (Fsp3) is 0.417. The zero-order chi connectivity index (χ0) is 14.9. The first kappa shape index (κ1) is 15.3. The van der Waals surface area contributed by atoms with E-state index >= 15 is 0 Å². The minimum absolute atomic E-state index is 0.0301. The predicted molar refractivity (Wildman–Crippen MR) is 76.8 cm³/mol. The molecule has 1 amide bonds. The molecule has 0 saturated carbocycles. The van der Waals surface area contributed by atoms with Gasteiger partial charge in [-0.2, -0.15) is 4.31 Å². The van der Waals surface area contributed by atoms with E-state index < -0.39 is 22.0 Å². The summed E-state index contributed by atoms with van der Waals surface area (Å²) in [5.41, 5.74) is 5.28. The van der Waals surface area contributed by atoms with Crippen LogP contribution in [0.15, 0.2) is 27.6 Å². The van der Waals surface area contributed by atoms with Crippen molar-refractivity contribution >= 4 is 31.9 Å². The average molecular weight is 363 g/mol. The summed E-state index contributed by atoms with van der Waals surface area (Å²) in [6.45, 7) is 0.283. The number of carbonyl (C=O) groups excluding carboxylic acids is 1. The van der Waals surface area contributed by atoms with Crippen LogP contribution < -0.4 is 10.5 Å². The number of carbonyl (C=O) groups is 1. The molecule has 1 aromatic rings. The number of nitrogens with two attached hydrogens (primary N) is 1. The first-order chi connectivity index (χ1) is 9.37. The third-order valence-corrected chi connectivity index (χ3v) is 5.67. The standard InChI is InChI=1S/C12H15BrN2O4S/c1-19-10-5-4-8(13)7-11(10)20(17,18)15-6-2-3-9(15)12(14)16/h4-5,7,9H,2-3,6H2,1H3,(H2,14,16)/t9-/m1/s1. The molecule has 1 atom stereocenters. The Hall–Kier alpha value is -1.12. The molecule has 0 aliphatic carbocycles. The van der Waals surface area contributed by atoms with Crippen molar-refractivity contribution in [3.05, 3.63) is 22.7 Å². The molecular weight excluding hydrogens is 348 g/mol. The van der Waals surface area contributed by atoms with Gasteiger partial charge in [-0.1, -0.05) is 15.9 Å². The molecule has 20 heavy (non-hydrogen) atoms. The van der Waals surface area contributed by atoms with Crippen LogP contribution in [0.1, 0.15) is 12.8 Å². The topological polar surface area (TPSA) is 89.7 Å². The number of nitrogens with zero attached hydrogens (tertiary/aromatic N) is 1. The summed E-state index contributed by atoms with van der Waals surface area (Å²) in [7, 11) is -2.42. The van der Waals surface area contributed by atoms with Gasteiger partial charge in [-0.3, -0.25) is 4.79 Å². The van der Waals surface area contributed by atoms with E-state index in [1.165, 1.54) is 13.2 Å². The third kappa shape index (κ3) is 2.68. The van der Waals surface area contributed by atoms with Crippen molar-refractivity contribution in [1.29, 1.82) is 0 Å². The van der Waals surface area contributed by atoms with Crippen molar-refractivity contribution < 1.29 is 17.9 Å². The van der Waals surface area contributed by atoms with Crippen LogP contribution in [-0.2, 0) is 14.8 Å². The minimum Gasteiger partial charge on any atom is -0.495 e. The van der Waals surface area contributed by atoms with E-state index in [9.17, 15) is 13.2 Å². The second-order valence-electron chi connectivity index (χ2n) is 4.47. The van der Waals surface area contributed by atoms with Gasteiger partial charge in [0.2, 0.25) is 15.9 Å². The SMILES string of the molecule is COc1ccc(Br)cc1S(=O)(=O)N1CCC[C@@H]1C(N)=O. The van der Waals surface area contributed by atoms with Gasteiger partial charge >= 0.3 is 0 Å². The van der Waals surface area contributed by atoms with E-state index in [1.807, 2.05) is 0 Å². The van der Waals surface area contributed by atoms with Crippen LogP contribution in [0.5, 0.6) is 5.75 Å². The van der Waals surface area contributed by atoms with Crippen molar-refractivity contribution in [1.82, 2.24) is 4.31 Å². The monoisotopic (exact) mass is 362 g/mol. The molecule has 1 aliphatic rings. The Bertz CT molecular complexity index is 632. The average Bonchev–Trinajstić information content (AvgIpc) is 2.88. The molecule has 2 rings (SSSR count). The quantitative estimate of drug-likeness (QED) is 0.867. The molecule has 2 N–H and O–H groups in total. The number of sulfonamides is 1.